The molecule has 1 fully saturated rings. The SMILES string of the molecule is C/C=C(/C)c1nc(-c2ccc(C(C)C)nc2OC)c(C)nc1C.CCC(C)CN1CCN(C(C)=O)CC1. The summed E-state index contributed by atoms with van der Waals surface area (Å²) < 4.78 is 5.51. The molecule has 1 atom stereocenters. The molecule has 3 rings (SSSR count). The highest BCUT2D eigenvalue weighted by Gasteiger charge is 2.19. The molecular formula is C30H47N5O2. The zero-order valence-corrected chi connectivity index (χ0v) is 24.7. The molecular weight excluding hydrogens is 462 g/mol. The van der Waals surface area contributed by atoms with Crippen LogP contribution in [0.5, 0.6) is 5.88 Å². The van der Waals surface area contributed by atoms with Crippen molar-refractivity contribution in [1.29, 1.82) is 0 Å². The zero-order chi connectivity index (χ0) is 27.7. The lowest BCUT2D eigenvalue weighted by atomic mass is 10.1. The number of rotatable bonds is 7. The van der Waals surface area contributed by atoms with E-state index in [0.717, 1.165) is 71.7 Å². The Morgan fingerprint density at radius 3 is 2.19 bits per heavy atom. The van der Waals surface area contributed by atoms with Crippen LogP contribution in [0.3, 0.4) is 0 Å². The lowest BCUT2D eigenvalue weighted by molar-refractivity contribution is -0.130. The summed E-state index contributed by atoms with van der Waals surface area (Å²) in [5.41, 5.74) is 6.57. The molecule has 1 unspecified atom stereocenters. The number of hydrogen-bond acceptors (Lipinski definition) is 6. The van der Waals surface area contributed by atoms with Crippen molar-refractivity contribution in [2.45, 2.75) is 74.7 Å². The van der Waals surface area contributed by atoms with Crippen molar-refractivity contribution < 1.29 is 9.53 Å². The summed E-state index contributed by atoms with van der Waals surface area (Å²) in [6.45, 7) is 23.5. The Balaban J connectivity index is 0.000000294. The molecule has 7 heteroatoms. The van der Waals surface area contributed by atoms with E-state index in [1.54, 1.807) is 14.0 Å². The fourth-order valence-electron chi connectivity index (χ4n) is 4.32. The van der Waals surface area contributed by atoms with Crippen molar-refractivity contribution in [2.75, 3.05) is 39.8 Å². The van der Waals surface area contributed by atoms with Gasteiger partial charge in [0.1, 0.15) is 0 Å². The number of carbonyl (C=O) groups is 1. The minimum atomic E-state index is 0.216. The van der Waals surface area contributed by atoms with Crippen LogP contribution in [0.1, 0.15) is 83.6 Å². The fraction of sp³-hybridized carbons (Fsp3) is 0.600. The molecule has 204 valence electrons. The first-order valence-corrected chi connectivity index (χ1v) is 13.5. The van der Waals surface area contributed by atoms with E-state index >= 15 is 0 Å². The van der Waals surface area contributed by atoms with Crippen LogP contribution in [0, 0.1) is 19.8 Å². The Hall–Kier alpha value is -2.80. The third kappa shape index (κ3) is 8.35. The minimum Gasteiger partial charge on any atom is -0.480 e. The lowest BCUT2D eigenvalue weighted by Crippen LogP contribution is -2.48. The number of carbonyl (C=O) groups excluding carboxylic acids is 1. The second-order valence-electron chi connectivity index (χ2n) is 10.3. The highest BCUT2D eigenvalue weighted by atomic mass is 16.5. The van der Waals surface area contributed by atoms with Gasteiger partial charge in [0.05, 0.1) is 35.4 Å². The van der Waals surface area contributed by atoms with Gasteiger partial charge >= 0.3 is 0 Å². The summed E-state index contributed by atoms with van der Waals surface area (Å²) in [5, 5.41) is 0. The van der Waals surface area contributed by atoms with Crippen LogP contribution in [0.2, 0.25) is 0 Å². The Morgan fingerprint density at radius 1 is 1.03 bits per heavy atom. The van der Waals surface area contributed by atoms with E-state index in [4.69, 9.17) is 9.72 Å². The second-order valence-corrected chi connectivity index (χ2v) is 10.3. The van der Waals surface area contributed by atoms with Crippen molar-refractivity contribution >= 4 is 11.5 Å². The third-order valence-electron chi connectivity index (χ3n) is 7.06. The number of piperazine rings is 1. The molecule has 0 radical (unpaired) electrons. The van der Waals surface area contributed by atoms with Crippen molar-refractivity contribution in [3.8, 4) is 17.1 Å². The van der Waals surface area contributed by atoms with Crippen molar-refractivity contribution in [1.82, 2.24) is 24.8 Å². The number of hydrogen-bond donors (Lipinski definition) is 0. The Morgan fingerprint density at radius 2 is 1.68 bits per heavy atom. The molecule has 7 nitrogen and oxygen atoms in total. The maximum absolute atomic E-state index is 11.1. The Bertz CT molecular complexity index is 1070. The summed E-state index contributed by atoms with van der Waals surface area (Å²) in [4.78, 5) is 29.6. The Labute approximate surface area is 224 Å². The number of ether oxygens (including phenoxy) is 1. The van der Waals surface area contributed by atoms with Crippen LogP contribution >= 0.6 is 0 Å². The molecule has 1 amide bonds. The predicted molar refractivity (Wildman–Crippen MR) is 153 cm³/mol. The molecule has 1 saturated heterocycles. The first-order valence-electron chi connectivity index (χ1n) is 13.5. The first-order chi connectivity index (χ1) is 17.5. The van der Waals surface area contributed by atoms with Crippen LogP contribution in [-0.4, -0.2) is 70.5 Å². The van der Waals surface area contributed by atoms with Crippen LogP contribution in [0.25, 0.3) is 16.8 Å². The summed E-state index contributed by atoms with van der Waals surface area (Å²) in [5.74, 6) is 1.94. The van der Waals surface area contributed by atoms with E-state index in [2.05, 4.69) is 42.6 Å². The number of allylic oxidation sites excluding steroid dienone is 2. The van der Waals surface area contributed by atoms with Crippen molar-refractivity contribution in [3.05, 3.63) is 41.0 Å². The Kier molecular flexibility index (Phi) is 11.7. The van der Waals surface area contributed by atoms with E-state index in [0.29, 0.717) is 11.8 Å². The predicted octanol–water partition coefficient (Wildman–Crippen LogP) is 5.91. The maximum Gasteiger partial charge on any atom is 0.222 e. The van der Waals surface area contributed by atoms with Gasteiger partial charge in [0.2, 0.25) is 11.8 Å². The smallest absolute Gasteiger partial charge is 0.222 e. The zero-order valence-electron chi connectivity index (χ0n) is 24.7. The molecule has 0 aromatic carbocycles. The number of pyridine rings is 1. The van der Waals surface area contributed by atoms with E-state index in [1.165, 1.54) is 13.0 Å². The maximum atomic E-state index is 11.1. The average Bonchev–Trinajstić information content (AvgIpc) is 2.88. The molecule has 0 N–H and O–H groups in total. The van der Waals surface area contributed by atoms with Crippen LogP contribution in [0.4, 0.5) is 0 Å². The summed E-state index contributed by atoms with van der Waals surface area (Å²) in [7, 11) is 1.64. The molecule has 0 bridgehead atoms. The molecule has 0 spiro atoms. The van der Waals surface area contributed by atoms with Gasteiger partial charge < -0.3 is 9.64 Å². The van der Waals surface area contributed by atoms with Gasteiger partial charge in [-0.15, -0.1) is 0 Å². The number of amides is 1. The normalized spacial score (nSPS) is 15.3. The summed E-state index contributed by atoms with van der Waals surface area (Å²) in [6.07, 6.45) is 3.29. The largest absolute Gasteiger partial charge is 0.480 e. The highest BCUT2D eigenvalue weighted by molar-refractivity contribution is 5.73. The molecule has 1 aliphatic rings. The van der Waals surface area contributed by atoms with Gasteiger partial charge in [-0.25, -0.2) is 9.97 Å². The number of aromatic nitrogens is 3. The summed E-state index contributed by atoms with van der Waals surface area (Å²) in [6, 6.07) is 4.06. The number of methoxy groups -OCH3 is 1. The molecule has 2 aromatic heterocycles. The molecule has 2 aromatic rings. The van der Waals surface area contributed by atoms with Crippen LogP contribution in [0.15, 0.2) is 18.2 Å². The van der Waals surface area contributed by atoms with E-state index in [-0.39, 0.29) is 5.91 Å². The second kappa shape index (κ2) is 14.2. The van der Waals surface area contributed by atoms with Crippen LogP contribution in [-0.2, 0) is 4.79 Å². The molecule has 0 saturated carbocycles. The van der Waals surface area contributed by atoms with Gasteiger partial charge in [-0.2, -0.15) is 0 Å². The minimum absolute atomic E-state index is 0.216. The van der Waals surface area contributed by atoms with Crippen LogP contribution < -0.4 is 4.74 Å². The van der Waals surface area contributed by atoms with Gasteiger partial charge in [0.25, 0.3) is 0 Å². The van der Waals surface area contributed by atoms with E-state index in [9.17, 15) is 4.79 Å². The third-order valence-corrected chi connectivity index (χ3v) is 7.06. The number of aryl methyl sites for hydroxylation is 2. The number of nitrogens with zero attached hydrogens (tertiary/aromatic N) is 5. The summed E-state index contributed by atoms with van der Waals surface area (Å²) >= 11 is 0. The highest BCUT2D eigenvalue weighted by Crippen LogP contribution is 2.31. The topological polar surface area (TPSA) is 71.5 Å². The van der Waals surface area contributed by atoms with Gasteiger partial charge in [-0.3, -0.25) is 14.7 Å². The van der Waals surface area contributed by atoms with Crippen molar-refractivity contribution in [2.24, 2.45) is 5.92 Å². The lowest BCUT2D eigenvalue weighted by Gasteiger charge is -2.35. The molecule has 1 aliphatic heterocycles. The van der Waals surface area contributed by atoms with Gasteiger partial charge in [-0.1, -0.05) is 40.2 Å². The molecule has 0 aliphatic carbocycles. The first kappa shape index (κ1) is 30.4. The van der Waals surface area contributed by atoms with Gasteiger partial charge in [0.15, 0.2) is 0 Å². The van der Waals surface area contributed by atoms with Gasteiger partial charge in [0, 0.05) is 45.3 Å². The van der Waals surface area contributed by atoms with Gasteiger partial charge in [-0.05, 0) is 57.2 Å². The molecule has 3 heterocycles. The van der Waals surface area contributed by atoms with E-state index in [1.807, 2.05) is 50.8 Å². The molecule has 37 heavy (non-hydrogen) atoms. The quantitative estimate of drug-likeness (QED) is 0.462. The van der Waals surface area contributed by atoms with Crippen molar-refractivity contribution in [3.63, 3.8) is 0 Å². The fourth-order valence-corrected chi connectivity index (χ4v) is 4.32. The standard InChI is InChI=1S/C19H25N3O.C11H22N2O/c1-8-12(4)17-13(5)20-14(6)18(22-17)15-9-10-16(11(2)3)21-19(15)23-7;1-4-10(2)9-12-5-7-13(8-6-12)11(3)14/h8-11H,1-7H3;10H,4-9H2,1-3H3/b12-8-;. The average molecular weight is 510 g/mol. The monoisotopic (exact) mass is 509 g/mol. The van der Waals surface area contributed by atoms with E-state index < -0.39 is 0 Å².